The normalized spacial score (nSPS) is 14.3. The van der Waals surface area contributed by atoms with Gasteiger partial charge >= 0.3 is 7.82 Å². The smallest absolute Gasteiger partial charge is 0.376 e. The average Bonchev–Trinajstić information content (AvgIpc) is 2.90. The number of nitrogens with zero attached hydrogens (tertiary/aromatic N) is 2. The number of hydrogen-bond donors (Lipinski definition) is 1. The van der Waals surface area contributed by atoms with Gasteiger partial charge in [0.25, 0.3) is 5.19 Å². The van der Waals surface area contributed by atoms with Gasteiger partial charge in [-0.3, -0.25) is 9.42 Å². The van der Waals surface area contributed by atoms with Gasteiger partial charge in [0.1, 0.15) is 0 Å². The number of phosphoric ester groups is 1. The minimum absolute atomic E-state index is 0.0731. The fraction of sp³-hybridized carbons (Fsp3) is 0.333. The Balaban J connectivity index is 1.82. The molecule has 0 fully saturated rings. The molecule has 1 N–H and O–H groups in total. The van der Waals surface area contributed by atoms with Gasteiger partial charge in [-0.2, -0.15) is 0 Å². The minimum Gasteiger partial charge on any atom is -0.376 e. The molecule has 2 aromatic rings. The van der Waals surface area contributed by atoms with Gasteiger partial charge in [0.2, 0.25) is 0 Å². The fourth-order valence-electron chi connectivity index (χ4n) is 1.21. The molecular formula is C9H11N2O4PS2. The molecule has 0 aliphatic rings. The third kappa shape index (κ3) is 3.86. The Morgan fingerprint density at radius 3 is 2.89 bits per heavy atom. The minimum atomic E-state index is -4.09. The summed E-state index contributed by atoms with van der Waals surface area (Å²) in [6.45, 7) is 2.02. The second-order valence-corrected chi connectivity index (χ2v) is 6.59. The van der Waals surface area contributed by atoms with Gasteiger partial charge < -0.3 is 4.52 Å². The summed E-state index contributed by atoms with van der Waals surface area (Å²) in [5.74, 6) is 0. The van der Waals surface area contributed by atoms with E-state index in [1.807, 2.05) is 6.92 Å². The number of aryl methyl sites for hydroxylation is 1. The lowest BCUT2D eigenvalue weighted by atomic mass is 10.3. The third-order valence-corrected chi connectivity index (χ3v) is 4.53. The van der Waals surface area contributed by atoms with E-state index in [4.69, 9.17) is 9.05 Å². The van der Waals surface area contributed by atoms with Crippen LogP contribution in [0.5, 0.6) is 5.19 Å². The van der Waals surface area contributed by atoms with Gasteiger partial charge in [-0.15, -0.1) is 11.3 Å². The molecule has 0 amide bonds. The molecule has 0 aliphatic carbocycles. The van der Waals surface area contributed by atoms with Crippen molar-refractivity contribution in [2.45, 2.75) is 13.3 Å². The van der Waals surface area contributed by atoms with E-state index < -0.39 is 7.82 Å². The first-order valence-corrected chi connectivity index (χ1v) is 8.28. The first kappa shape index (κ1) is 13.6. The monoisotopic (exact) mass is 306 g/mol. The highest BCUT2D eigenvalue weighted by Crippen LogP contribution is 2.44. The van der Waals surface area contributed by atoms with Crippen LogP contribution >= 0.6 is 30.5 Å². The van der Waals surface area contributed by atoms with Gasteiger partial charge in [0.15, 0.2) is 0 Å². The molecule has 98 valence electrons. The van der Waals surface area contributed by atoms with Crippen LogP contribution in [0.15, 0.2) is 17.1 Å². The quantitative estimate of drug-likeness (QED) is 0.826. The molecule has 2 heterocycles. The second-order valence-electron chi connectivity index (χ2n) is 3.30. The predicted molar refractivity (Wildman–Crippen MR) is 69.1 cm³/mol. The lowest BCUT2D eigenvalue weighted by Gasteiger charge is -2.10. The Kier molecular flexibility index (Phi) is 4.47. The van der Waals surface area contributed by atoms with Crippen LogP contribution < -0.4 is 4.52 Å². The van der Waals surface area contributed by atoms with Crippen molar-refractivity contribution in [3.8, 4) is 5.19 Å². The third-order valence-electron chi connectivity index (χ3n) is 2.04. The van der Waals surface area contributed by atoms with Crippen LogP contribution in [0.4, 0.5) is 0 Å². The molecular weight excluding hydrogens is 295 g/mol. The second kappa shape index (κ2) is 5.90. The SMILES string of the molecule is Cc1scnc1CCOP(=O)(O)Oc1nccs1. The van der Waals surface area contributed by atoms with Crippen LogP contribution in [0, 0.1) is 6.92 Å². The van der Waals surface area contributed by atoms with Crippen molar-refractivity contribution in [1.82, 2.24) is 9.97 Å². The molecule has 0 aromatic carbocycles. The van der Waals surface area contributed by atoms with Crippen LogP contribution in [-0.4, -0.2) is 21.5 Å². The Bertz CT molecular complexity index is 543. The van der Waals surface area contributed by atoms with Crippen LogP contribution in [0.3, 0.4) is 0 Å². The summed E-state index contributed by atoms with van der Waals surface area (Å²) in [4.78, 5) is 18.4. The van der Waals surface area contributed by atoms with Gasteiger partial charge in [-0.05, 0) is 6.92 Å². The highest BCUT2D eigenvalue weighted by Gasteiger charge is 2.24. The lowest BCUT2D eigenvalue weighted by Crippen LogP contribution is -2.02. The number of hydrogen-bond acceptors (Lipinski definition) is 7. The summed E-state index contributed by atoms with van der Waals surface area (Å²) in [5.41, 5.74) is 2.60. The maximum atomic E-state index is 11.6. The Hall–Kier alpha value is -0.790. The van der Waals surface area contributed by atoms with Crippen LogP contribution in [-0.2, 0) is 15.5 Å². The van der Waals surface area contributed by atoms with Crippen LogP contribution in [0.2, 0.25) is 0 Å². The van der Waals surface area contributed by atoms with Gasteiger partial charge in [0.05, 0.1) is 17.8 Å². The fourth-order valence-corrected chi connectivity index (χ4v) is 3.27. The van der Waals surface area contributed by atoms with Gasteiger partial charge in [-0.25, -0.2) is 14.5 Å². The zero-order chi connectivity index (χ0) is 13.0. The molecule has 0 radical (unpaired) electrons. The summed E-state index contributed by atoms with van der Waals surface area (Å²) in [6.07, 6.45) is 1.96. The summed E-state index contributed by atoms with van der Waals surface area (Å²) in [7, 11) is -4.09. The predicted octanol–water partition coefficient (Wildman–Crippen LogP) is 2.65. The van der Waals surface area contributed by atoms with Crippen molar-refractivity contribution in [2.75, 3.05) is 6.61 Å². The van der Waals surface area contributed by atoms with Crippen molar-refractivity contribution >= 4 is 30.5 Å². The van der Waals surface area contributed by atoms with Crippen LogP contribution in [0.25, 0.3) is 0 Å². The standard InChI is InChI=1S/C9H11N2O4PS2/c1-7-8(11-6-18-7)2-4-14-16(12,13)15-9-10-3-5-17-9/h3,5-6H,2,4H2,1H3,(H,12,13). The van der Waals surface area contributed by atoms with E-state index in [2.05, 4.69) is 9.97 Å². The van der Waals surface area contributed by atoms with E-state index in [1.165, 1.54) is 17.5 Å². The zero-order valence-corrected chi connectivity index (χ0v) is 12.0. The summed E-state index contributed by atoms with van der Waals surface area (Å²) in [6, 6.07) is 0. The van der Waals surface area contributed by atoms with Crippen molar-refractivity contribution < 1.29 is 18.5 Å². The van der Waals surface area contributed by atoms with E-state index in [0.717, 1.165) is 21.9 Å². The largest absolute Gasteiger partial charge is 0.529 e. The average molecular weight is 306 g/mol. The molecule has 0 spiro atoms. The molecule has 2 rings (SSSR count). The van der Waals surface area contributed by atoms with Crippen molar-refractivity contribution in [3.63, 3.8) is 0 Å². The molecule has 18 heavy (non-hydrogen) atoms. The zero-order valence-electron chi connectivity index (χ0n) is 9.48. The molecule has 6 nitrogen and oxygen atoms in total. The topological polar surface area (TPSA) is 81.5 Å². The van der Waals surface area contributed by atoms with E-state index >= 15 is 0 Å². The molecule has 0 saturated carbocycles. The van der Waals surface area contributed by atoms with Crippen molar-refractivity contribution in [2.24, 2.45) is 0 Å². The Morgan fingerprint density at radius 1 is 1.44 bits per heavy atom. The molecule has 2 aromatic heterocycles. The maximum absolute atomic E-state index is 11.6. The van der Waals surface area contributed by atoms with Crippen LogP contribution in [0.1, 0.15) is 10.6 Å². The first-order chi connectivity index (χ1) is 8.57. The molecule has 1 atom stereocenters. The van der Waals surface area contributed by atoms with E-state index in [1.54, 1.807) is 10.9 Å². The Labute approximate surface area is 112 Å². The molecule has 0 aliphatic heterocycles. The number of phosphoric acid groups is 1. The van der Waals surface area contributed by atoms with E-state index in [9.17, 15) is 9.46 Å². The maximum Gasteiger partial charge on any atom is 0.529 e. The summed E-state index contributed by atoms with van der Waals surface area (Å²) in [5, 5.41) is 1.76. The van der Waals surface area contributed by atoms with E-state index in [-0.39, 0.29) is 11.8 Å². The van der Waals surface area contributed by atoms with Gasteiger partial charge in [-0.1, -0.05) is 11.3 Å². The highest BCUT2D eigenvalue weighted by molar-refractivity contribution is 7.48. The molecule has 1 unspecified atom stereocenters. The molecule has 0 saturated heterocycles. The van der Waals surface area contributed by atoms with Crippen molar-refractivity contribution in [3.05, 3.63) is 27.7 Å². The number of rotatable bonds is 6. The highest BCUT2D eigenvalue weighted by atomic mass is 32.1. The lowest BCUT2D eigenvalue weighted by molar-refractivity contribution is 0.205. The number of thiazole rings is 2. The molecule has 9 heteroatoms. The number of aromatic nitrogens is 2. The summed E-state index contributed by atoms with van der Waals surface area (Å²) < 4.78 is 21.2. The summed E-state index contributed by atoms with van der Waals surface area (Å²) >= 11 is 2.66. The van der Waals surface area contributed by atoms with Crippen molar-refractivity contribution in [1.29, 1.82) is 0 Å². The van der Waals surface area contributed by atoms with E-state index in [0.29, 0.717) is 6.42 Å². The molecule has 0 bridgehead atoms. The first-order valence-electron chi connectivity index (χ1n) is 5.02. The Morgan fingerprint density at radius 2 is 2.28 bits per heavy atom. The van der Waals surface area contributed by atoms with Gasteiger partial charge in [0, 0.05) is 22.9 Å².